The molecule has 4 aliphatic rings. The number of halogens is 1. The topological polar surface area (TPSA) is 38.3 Å². The van der Waals surface area contributed by atoms with E-state index in [1.165, 1.54) is 57.8 Å². The van der Waals surface area contributed by atoms with Crippen LogP contribution in [0.25, 0.3) is 0 Å². The molecule has 3 nitrogen and oxygen atoms in total. The molecule has 1 amide bonds. The van der Waals surface area contributed by atoms with Crippen LogP contribution in [0.1, 0.15) is 105 Å². The number of allylic oxidation sites excluding steroid dienone is 1. The molecule has 0 saturated heterocycles. The number of amides is 1. The monoisotopic (exact) mass is 535 g/mol. The highest BCUT2D eigenvalue weighted by Crippen LogP contribution is 2.67. The van der Waals surface area contributed by atoms with Crippen molar-refractivity contribution in [3.8, 4) is 0 Å². The van der Waals surface area contributed by atoms with E-state index < -0.39 is 0 Å². The quantitative estimate of drug-likeness (QED) is 0.249. The van der Waals surface area contributed by atoms with Crippen LogP contribution in [0.4, 0.5) is 4.79 Å². The van der Waals surface area contributed by atoms with E-state index in [1.807, 2.05) is 0 Å². The number of carbonyl (C=O) groups excluding carboxylic acids is 1. The Labute approximate surface area is 217 Å². The summed E-state index contributed by atoms with van der Waals surface area (Å²) in [5, 5.41) is 3.83. The van der Waals surface area contributed by atoms with E-state index in [0.29, 0.717) is 22.8 Å². The Morgan fingerprint density at radius 2 is 1.91 bits per heavy atom. The van der Waals surface area contributed by atoms with E-state index in [0.717, 1.165) is 48.3 Å². The Bertz CT molecular complexity index is 750. The number of rotatable bonds is 8. The summed E-state index contributed by atoms with van der Waals surface area (Å²) in [6.45, 7) is 13.0. The molecular weight excluding hydrogens is 486 g/mol. The highest BCUT2D eigenvalue weighted by molar-refractivity contribution is 9.09. The zero-order valence-electron chi connectivity index (χ0n) is 22.5. The van der Waals surface area contributed by atoms with Gasteiger partial charge in [0.1, 0.15) is 6.61 Å². The van der Waals surface area contributed by atoms with Gasteiger partial charge in [-0.2, -0.15) is 0 Å². The minimum absolute atomic E-state index is 0.232. The van der Waals surface area contributed by atoms with Crippen LogP contribution in [-0.4, -0.2) is 24.1 Å². The van der Waals surface area contributed by atoms with Crippen molar-refractivity contribution in [1.29, 1.82) is 0 Å². The summed E-state index contributed by atoms with van der Waals surface area (Å²) < 4.78 is 5.25. The molecule has 0 aromatic carbocycles. The van der Waals surface area contributed by atoms with Gasteiger partial charge in [0, 0.05) is 11.4 Å². The van der Waals surface area contributed by atoms with Crippen molar-refractivity contribution >= 4 is 22.0 Å². The van der Waals surface area contributed by atoms with Gasteiger partial charge in [0.05, 0.1) is 0 Å². The smallest absolute Gasteiger partial charge is 0.407 e. The summed E-state index contributed by atoms with van der Waals surface area (Å²) in [5.74, 6) is 5.25. The van der Waals surface area contributed by atoms with Crippen LogP contribution >= 0.6 is 15.9 Å². The largest absolute Gasteiger partial charge is 0.449 e. The maximum atomic E-state index is 12.1. The standard InChI is InChI=1S/C30H50BrNO2/c1-20(2)7-6-8-21(3)25-11-12-26-24-10-9-22-19-23(32-28(33)34-18-17-31)13-15-29(22,4)27(24)14-16-30(25,26)5/h9,20-21,23-27H,6-8,10-19H2,1-5H3,(H,32,33)/t21-,23?,24?,25-,26?,27?,29+,30-/m1/s1. The third-order valence-corrected chi connectivity index (χ3v) is 11.3. The fraction of sp³-hybridized carbons (Fsp3) is 0.900. The maximum Gasteiger partial charge on any atom is 0.407 e. The Balaban J connectivity index is 1.41. The second-order valence-corrected chi connectivity index (χ2v) is 14.0. The molecule has 4 rings (SSSR count). The van der Waals surface area contributed by atoms with Gasteiger partial charge in [-0.3, -0.25) is 0 Å². The number of fused-ring (bicyclic) bond motifs is 5. The third-order valence-electron chi connectivity index (χ3n) is 10.9. The fourth-order valence-corrected chi connectivity index (χ4v) is 9.31. The van der Waals surface area contributed by atoms with Crippen molar-refractivity contribution in [2.75, 3.05) is 11.9 Å². The first-order chi connectivity index (χ1) is 16.2. The lowest BCUT2D eigenvalue weighted by molar-refractivity contribution is -0.0514. The lowest BCUT2D eigenvalue weighted by Crippen LogP contribution is -2.52. The predicted molar refractivity (Wildman–Crippen MR) is 145 cm³/mol. The molecular formula is C30H50BrNO2. The first kappa shape index (κ1) is 26.6. The number of alkyl halides is 1. The molecule has 0 spiro atoms. The first-order valence-electron chi connectivity index (χ1n) is 14.4. The summed E-state index contributed by atoms with van der Waals surface area (Å²) in [4.78, 5) is 12.1. The van der Waals surface area contributed by atoms with Crippen LogP contribution in [0.5, 0.6) is 0 Å². The van der Waals surface area contributed by atoms with Gasteiger partial charge in [-0.25, -0.2) is 4.79 Å². The van der Waals surface area contributed by atoms with E-state index in [1.54, 1.807) is 5.57 Å². The maximum absolute atomic E-state index is 12.1. The summed E-state index contributed by atoms with van der Waals surface area (Å²) in [5.41, 5.74) is 2.52. The van der Waals surface area contributed by atoms with Crippen LogP contribution in [0.15, 0.2) is 11.6 Å². The van der Waals surface area contributed by atoms with E-state index in [4.69, 9.17) is 4.74 Å². The second kappa shape index (κ2) is 10.9. The number of ether oxygens (including phenoxy) is 1. The lowest BCUT2D eigenvalue weighted by atomic mass is 9.47. The number of alkyl carbamates (subject to hydrolysis) is 1. The summed E-state index contributed by atoms with van der Waals surface area (Å²) >= 11 is 3.32. The molecule has 8 atom stereocenters. The number of carbonyl (C=O) groups is 1. The molecule has 34 heavy (non-hydrogen) atoms. The Kier molecular flexibility index (Phi) is 8.47. The highest BCUT2D eigenvalue weighted by Gasteiger charge is 2.59. The molecule has 3 saturated carbocycles. The van der Waals surface area contributed by atoms with Gasteiger partial charge < -0.3 is 10.1 Å². The van der Waals surface area contributed by atoms with Crippen LogP contribution in [0, 0.1) is 46.3 Å². The van der Waals surface area contributed by atoms with Gasteiger partial charge in [0.15, 0.2) is 0 Å². The van der Waals surface area contributed by atoms with Gasteiger partial charge >= 0.3 is 6.09 Å². The van der Waals surface area contributed by atoms with E-state index >= 15 is 0 Å². The van der Waals surface area contributed by atoms with Crippen molar-refractivity contribution in [1.82, 2.24) is 5.32 Å². The van der Waals surface area contributed by atoms with E-state index in [9.17, 15) is 4.79 Å². The summed E-state index contributed by atoms with van der Waals surface area (Å²) in [7, 11) is 0. The van der Waals surface area contributed by atoms with Crippen molar-refractivity contribution in [2.24, 2.45) is 46.3 Å². The average molecular weight is 537 g/mol. The Hall–Kier alpha value is -0.510. The minimum Gasteiger partial charge on any atom is -0.449 e. The van der Waals surface area contributed by atoms with Crippen molar-refractivity contribution < 1.29 is 9.53 Å². The molecule has 3 fully saturated rings. The molecule has 194 valence electrons. The molecule has 0 heterocycles. The SMILES string of the molecule is CC(C)CCC[C@@H](C)[C@H]1CCC2C3CC=C4CC(NC(=O)OCCBr)CC[C@]4(C)C3CC[C@@]21C. The molecule has 4 unspecified atom stereocenters. The average Bonchev–Trinajstić information content (AvgIpc) is 3.15. The predicted octanol–water partition coefficient (Wildman–Crippen LogP) is 8.52. The lowest BCUT2D eigenvalue weighted by Gasteiger charge is -2.58. The Morgan fingerprint density at radius 3 is 2.65 bits per heavy atom. The number of nitrogens with one attached hydrogen (secondary N) is 1. The molecule has 0 aromatic rings. The van der Waals surface area contributed by atoms with Gasteiger partial charge in [-0.1, -0.05) is 81.5 Å². The third kappa shape index (κ3) is 5.14. The van der Waals surface area contributed by atoms with Gasteiger partial charge in [-0.05, 0) is 97.7 Å². The Morgan fingerprint density at radius 1 is 1.12 bits per heavy atom. The normalized spacial score (nSPS) is 40.1. The molecule has 0 radical (unpaired) electrons. The van der Waals surface area contributed by atoms with Gasteiger partial charge in [0.2, 0.25) is 0 Å². The fourth-order valence-electron chi connectivity index (χ4n) is 9.15. The molecule has 4 aliphatic carbocycles. The molecule has 0 bridgehead atoms. The van der Waals surface area contributed by atoms with Crippen LogP contribution in [0.3, 0.4) is 0 Å². The highest BCUT2D eigenvalue weighted by atomic mass is 79.9. The van der Waals surface area contributed by atoms with E-state index in [2.05, 4.69) is 61.9 Å². The van der Waals surface area contributed by atoms with Crippen molar-refractivity contribution in [3.63, 3.8) is 0 Å². The number of hydrogen-bond donors (Lipinski definition) is 1. The molecule has 1 N–H and O–H groups in total. The van der Waals surface area contributed by atoms with Crippen LogP contribution in [0.2, 0.25) is 0 Å². The molecule has 0 aliphatic heterocycles. The van der Waals surface area contributed by atoms with Gasteiger partial charge in [0.25, 0.3) is 0 Å². The van der Waals surface area contributed by atoms with Crippen molar-refractivity contribution in [2.45, 2.75) is 111 Å². The first-order valence-corrected chi connectivity index (χ1v) is 15.5. The number of hydrogen-bond acceptors (Lipinski definition) is 2. The minimum atomic E-state index is -0.254. The zero-order chi connectivity index (χ0) is 24.5. The second-order valence-electron chi connectivity index (χ2n) is 13.2. The van der Waals surface area contributed by atoms with Crippen LogP contribution < -0.4 is 5.32 Å². The van der Waals surface area contributed by atoms with Crippen LogP contribution in [-0.2, 0) is 4.74 Å². The molecule has 0 aromatic heterocycles. The van der Waals surface area contributed by atoms with Crippen molar-refractivity contribution in [3.05, 3.63) is 11.6 Å². The summed E-state index contributed by atoms with van der Waals surface area (Å²) in [6, 6.07) is 0.232. The zero-order valence-corrected chi connectivity index (χ0v) is 24.1. The van der Waals surface area contributed by atoms with E-state index in [-0.39, 0.29) is 12.1 Å². The summed E-state index contributed by atoms with van der Waals surface area (Å²) in [6.07, 6.45) is 16.9. The molecule has 4 heteroatoms. The van der Waals surface area contributed by atoms with Gasteiger partial charge in [-0.15, -0.1) is 0 Å².